The maximum atomic E-state index is 12.1. The molecule has 0 unspecified atom stereocenters. The first kappa shape index (κ1) is 21.7. The Labute approximate surface area is 161 Å². The van der Waals surface area contributed by atoms with Crippen molar-refractivity contribution in [2.45, 2.75) is 78.7 Å². The molecular weight excluding hydrogens is 326 g/mol. The Morgan fingerprint density at radius 1 is 1.12 bits per heavy atom. The highest BCUT2D eigenvalue weighted by Gasteiger charge is 2.61. The predicted molar refractivity (Wildman–Crippen MR) is 106 cm³/mol. The first-order chi connectivity index (χ1) is 12.1. The number of quaternary nitrogens is 1. The molecular formula is C22H42NO3+. The van der Waals surface area contributed by atoms with Crippen LogP contribution < -0.4 is 0 Å². The van der Waals surface area contributed by atoms with Crippen molar-refractivity contribution in [3.05, 3.63) is 0 Å². The van der Waals surface area contributed by atoms with E-state index in [4.69, 9.17) is 9.47 Å². The highest BCUT2D eigenvalue weighted by molar-refractivity contribution is 5.70. The lowest BCUT2D eigenvalue weighted by atomic mass is 9.70. The average Bonchev–Trinajstić information content (AvgIpc) is 2.87. The molecule has 0 aromatic rings. The molecule has 4 heteroatoms. The summed E-state index contributed by atoms with van der Waals surface area (Å²) in [5.74, 6) is 0.724. The fourth-order valence-corrected chi connectivity index (χ4v) is 5.01. The fourth-order valence-electron chi connectivity index (χ4n) is 5.01. The summed E-state index contributed by atoms with van der Waals surface area (Å²) in [4.78, 5) is 12.1. The molecule has 2 bridgehead atoms. The Morgan fingerprint density at radius 2 is 1.85 bits per heavy atom. The summed E-state index contributed by atoms with van der Waals surface area (Å²) in [5, 5.41) is 0. The van der Waals surface area contributed by atoms with E-state index in [0.717, 1.165) is 31.9 Å². The molecule has 0 heterocycles. The minimum atomic E-state index is -0.0838. The number of fused-ring (bicyclic) bond motifs is 2. The maximum absolute atomic E-state index is 12.1. The molecule has 0 spiro atoms. The number of nitrogens with zero attached hydrogens (tertiary/aromatic N) is 1. The number of rotatable bonds is 11. The van der Waals surface area contributed by atoms with Crippen molar-refractivity contribution in [3.63, 3.8) is 0 Å². The zero-order chi connectivity index (χ0) is 19.4. The van der Waals surface area contributed by atoms with Gasteiger partial charge in [0.05, 0.1) is 33.4 Å². The molecule has 2 saturated carbocycles. The molecule has 0 aromatic heterocycles. The summed E-state index contributed by atoms with van der Waals surface area (Å²) >= 11 is 0. The molecule has 0 radical (unpaired) electrons. The second kappa shape index (κ2) is 8.60. The molecule has 26 heavy (non-hydrogen) atoms. The topological polar surface area (TPSA) is 35.5 Å². The molecule has 0 saturated heterocycles. The monoisotopic (exact) mass is 368 g/mol. The Morgan fingerprint density at radius 3 is 2.42 bits per heavy atom. The van der Waals surface area contributed by atoms with Gasteiger partial charge >= 0.3 is 5.97 Å². The van der Waals surface area contributed by atoms with Gasteiger partial charge in [0.25, 0.3) is 0 Å². The predicted octanol–water partition coefficient (Wildman–Crippen LogP) is 4.42. The highest BCUT2D eigenvalue weighted by Crippen LogP contribution is 2.66. The fraction of sp³-hybridized carbons (Fsp3) is 0.955. The third-order valence-electron chi connectivity index (χ3n) is 7.55. The SMILES string of the molecule is CCCCCCOC(=O)C[N+](C)(C)CCO[C@@H]1C[C@H]2CC[C@@]1(C)C2(C)C. The van der Waals surface area contributed by atoms with Gasteiger partial charge in [-0.15, -0.1) is 0 Å². The van der Waals surface area contributed by atoms with E-state index in [1.54, 1.807) is 0 Å². The summed E-state index contributed by atoms with van der Waals surface area (Å²) in [7, 11) is 4.18. The van der Waals surface area contributed by atoms with E-state index in [0.29, 0.717) is 34.6 Å². The van der Waals surface area contributed by atoms with E-state index < -0.39 is 0 Å². The standard InChI is InChI=1S/C22H42NO3/c1-7-8-9-10-14-26-20(24)17-23(5,6)13-15-25-19-16-18-11-12-22(19,4)21(18,2)3/h18-19H,7-17H2,1-6H3/q+1/t18-,19-,22-/m1/s1. The summed E-state index contributed by atoms with van der Waals surface area (Å²) in [6.07, 6.45) is 8.77. The summed E-state index contributed by atoms with van der Waals surface area (Å²) in [6.45, 7) is 12.0. The number of esters is 1. The molecule has 0 N–H and O–H groups in total. The van der Waals surface area contributed by atoms with Crippen LogP contribution in [0.2, 0.25) is 0 Å². The largest absolute Gasteiger partial charge is 0.462 e. The van der Waals surface area contributed by atoms with Crippen LogP contribution in [0.15, 0.2) is 0 Å². The molecule has 0 aromatic carbocycles. The maximum Gasteiger partial charge on any atom is 0.361 e. The van der Waals surface area contributed by atoms with Crippen molar-refractivity contribution < 1.29 is 18.8 Å². The van der Waals surface area contributed by atoms with Crippen molar-refractivity contribution in [2.24, 2.45) is 16.7 Å². The molecule has 2 rings (SSSR count). The second-order valence-electron chi connectivity index (χ2n) is 10.1. The molecule has 3 atom stereocenters. The third kappa shape index (κ3) is 4.81. The van der Waals surface area contributed by atoms with Gasteiger partial charge in [-0.1, -0.05) is 47.0 Å². The van der Waals surface area contributed by atoms with Crippen LogP contribution in [0, 0.1) is 16.7 Å². The van der Waals surface area contributed by atoms with Crippen molar-refractivity contribution in [2.75, 3.05) is 40.4 Å². The van der Waals surface area contributed by atoms with E-state index in [-0.39, 0.29) is 5.97 Å². The van der Waals surface area contributed by atoms with Crippen LogP contribution in [0.1, 0.15) is 72.6 Å². The van der Waals surface area contributed by atoms with Gasteiger partial charge in [0.1, 0.15) is 6.54 Å². The van der Waals surface area contributed by atoms with Crippen LogP contribution >= 0.6 is 0 Å². The van der Waals surface area contributed by atoms with E-state index in [1.165, 1.54) is 32.1 Å². The molecule has 2 aliphatic rings. The van der Waals surface area contributed by atoms with Crippen LogP contribution in [-0.4, -0.2) is 57.0 Å². The first-order valence-electron chi connectivity index (χ1n) is 10.7. The van der Waals surface area contributed by atoms with Crippen LogP contribution in [-0.2, 0) is 14.3 Å². The van der Waals surface area contributed by atoms with Gasteiger partial charge in [0, 0.05) is 0 Å². The van der Waals surface area contributed by atoms with Crippen molar-refractivity contribution in [3.8, 4) is 0 Å². The first-order valence-corrected chi connectivity index (χ1v) is 10.7. The second-order valence-corrected chi connectivity index (χ2v) is 10.1. The molecule has 152 valence electrons. The molecule has 0 amide bonds. The Hall–Kier alpha value is -0.610. The van der Waals surface area contributed by atoms with Crippen molar-refractivity contribution in [1.82, 2.24) is 0 Å². The Balaban J connectivity index is 1.68. The average molecular weight is 369 g/mol. The third-order valence-corrected chi connectivity index (χ3v) is 7.55. The summed E-state index contributed by atoms with van der Waals surface area (Å²) in [6, 6.07) is 0. The van der Waals surface area contributed by atoms with E-state index in [2.05, 4.69) is 41.8 Å². The van der Waals surface area contributed by atoms with Crippen LogP contribution in [0.5, 0.6) is 0 Å². The number of ether oxygens (including phenoxy) is 2. The number of unbranched alkanes of at least 4 members (excludes halogenated alkanes) is 3. The van der Waals surface area contributed by atoms with Gasteiger partial charge < -0.3 is 14.0 Å². The summed E-state index contributed by atoms with van der Waals surface area (Å²) in [5.41, 5.74) is 0.704. The number of likely N-dealkylation sites (N-methyl/N-ethyl adjacent to an activating group) is 1. The van der Waals surface area contributed by atoms with E-state index >= 15 is 0 Å². The van der Waals surface area contributed by atoms with Gasteiger partial charge in [0.2, 0.25) is 0 Å². The van der Waals surface area contributed by atoms with Crippen LogP contribution in [0.4, 0.5) is 0 Å². The van der Waals surface area contributed by atoms with E-state index in [9.17, 15) is 4.79 Å². The molecule has 0 aliphatic heterocycles. The van der Waals surface area contributed by atoms with Crippen molar-refractivity contribution in [1.29, 1.82) is 0 Å². The van der Waals surface area contributed by atoms with Crippen LogP contribution in [0.25, 0.3) is 0 Å². The smallest absolute Gasteiger partial charge is 0.361 e. The number of carbonyl (C=O) groups is 1. The number of carbonyl (C=O) groups excluding carboxylic acids is 1. The van der Waals surface area contributed by atoms with Crippen molar-refractivity contribution >= 4 is 5.97 Å². The molecule has 2 aliphatic carbocycles. The minimum Gasteiger partial charge on any atom is -0.462 e. The zero-order valence-electron chi connectivity index (χ0n) is 18.1. The zero-order valence-corrected chi connectivity index (χ0v) is 18.1. The number of hydrogen-bond donors (Lipinski definition) is 0. The highest BCUT2D eigenvalue weighted by atomic mass is 16.5. The normalized spacial score (nSPS) is 29.9. The Bertz CT molecular complexity index is 474. The number of hydrogen-bond acceptors (Lipinski definition) is 3. The summed E-state index contributed by atoms with van der Waals surface area (Å²) < 4.78 is 12.4. The van der Waals surface area contributed by atoms with Gasteiger partial charge in [-0.2, -0.15) is 0 Å². The minimum absolute atomic E-state index is 0.0838. The molecule has 2 fully saturated rings. The van der Waals surface area contributed by atoms with E-state index in [1.807, 2.05) is 0 Å². The van der Waals surface area contributed by atoms with Gasteiger partial charge in [0.15, 0.2) is 6.54 Å². The van der Waals surface area contributed by atoms with Gasteiger partial charge in [-0.05, 0) is 42.4 Å². The quantitative estimate of drug-likeness (QED) is 0.308. The molecule has 4 nitrogen and oxygen atoms in total. The van der Waals surface area contributed by atoms with Gasteiger partial charge in [-0.25, -0.2) is 4.79 Å². The Kier molecular flexibility index (Phi) is 7.17. The lowest BCUT2D eigenvalue weighted by Crippen LogP contribution is -2.47. The lowest BCUT2D eigenvalue weighted by molar-refractivity contribution is -0.883. The lowest BCUT2D eigenvalue weighted by Gasteiger charge is -2.39. The van der Waals surface area contributed by atoms with Gasteiger partial charge in [-0.3, -0.25) is 0 Å². The van der Waals surface area contributed by atoms with Crippen LogP contribution in [0.3, 0.4) is 0 Å².